The molecule has 4 nitrogen and oxygen atoms in total. The highest BCUT2D eigenvalue weighted by molar-refractivity contribution is 9.10. The molecule has 2 aromatic rings. The van der Waals surface area contributed by atoms with Gasteiger partial charge in [-0.1, -0.05) is 0 Å². The fourth-order valence-corrected chi connectivity index (χ4v) is 2.33. The molecule has 0 aliphatic rings. The van der Waals surface area contributed by atoms with E-state index in [2.05, 4.69) is 26.6 Å². The summed E-state index contributed by atoms with van der Waals surface area (Å²) in [7, 11) is 1.56. The number of nitrogens with two attached hydrogens (primary N) is 1. The molecule has 0 radical (unpaired) electrons. The predicted octanol–water partition coefficient (Wildman–Crippen LogP) is 3.58. The number of nitrogens with one attached hydrogen (secondary N) is 2. The minimum Gasteiger partial charge on any atom is -0.397 e. The molecular weight excluding hydrogens is 337 g/mol. The molecular formula is C15H15BrFN3O. The third kappa shape index (κ3) is 3.33. The summed E-state index contributed by atoms with van der Waals surface area (Å²) in [4.78, 5) is 11.6. The summed E-state index contributed by atoms with van der Waals surface area (Å²) in [6, 6.07) is 7.96. The summed E-state index contributed by atoms with van der Waals surface area (Å²) in [5, 5.41) is 5.61. The lowest BCUT2D eigenvalue weighted by molar-refractivity contribution is 0.0963. The topological polar surface area (TPSA) is 67.2 Å². The Labute approximate surface area is 130 Å². The van der Waals surface area contributed by atoms with E-state index in [0.29, 0.717) is 27.1 Å². The molecule has 2 rings (SSSR count). The van der Waals surface area contributed by atoms with Gasteiger partial charge in [0.25, 0.3) is 5.91 Å². The van der Waals surface area contributed by atoms with Crippen LogP contribution in [0, 0.1) is 12.7 Å². The Morgan fingerprint density at radius 1 is 1.24 bits per heavy atom. The van der Waals surface area contributed by atoms with Crippen molar-refractivity contribution < 1.29 is 9.18 Å². The van der Waals surface area contributed by atoms with Crippen LogP contribution in [-0.4, -0.2) is 13.0 Å². The molecule has 0 aliphatic heterocycles. The van der Waals surface area contributed by atoms with Crippen LogP contribution in [0.3, 0.4) is 0 Å². The largest absolute Gasteiger partial charge is 0.397 e. The number of rotatable bonds is 3. The first-order valence-electron chi connectivity index (χ1n) is 6.26. The Morgan fingerprint density at radius 2 is 1.95 bits per heavy atom. The average molecular weight is 352 g/mol. The molecule has 2 aromatic carbocycles. The lowest BCUT2D eigenvalue weighted by atomic mass is 10.1. The van der Waals surface area contributed by atoms with Crippen molar-refractivity contribution in [2.75, 3.05) is 18.1 Å². The van der Waals surface area contributed by atoms with E-state index in [4.69, 9.17) is 5.73 Å². The van der Waals surface area contributed by atoms with Crippen molar-refractivity contribution >= 4 is 38.9 Å². The maximum absolute atomic E-state index is 13.6. The number of amides is 1. The molecule has 0 bridgehead atoms. The van der Waals surface area contributed by atoms with Gasteiger partial charge < -0.3 is 16.4 Å². The van der Waals surface area contributed by atoms with Gasteiger partial charge in [-0.3, -0.25) is 4.79 Å². The Balaban J connectivity index is 2.39. The van der Waals surface area contributed by atoms with E-state index in [1.54, 1.807) is 31.3 Å². The summed E-state index contributed by atoms with van der Waals surface area (Å²) in [6.07, 6.45) is 0. The van der Waals surface area contributed by atoms with Crippen molar-refractivity contribution in [1.82, 2.24) is 5.32 Å². The van der Waals surface area contributed by atoms with Gasteiger partial charge >= 0.3 is 0 Å². The maximum Gasteiger partial charge on any atom is 0.251 e. The molecule has 110 valence electrons. The second kappa shape index (κ2) is 6.13. The molecule has 21 heavy (non-hydrogen) atoms. The number of benzene rings is 2. The molecule has 0 fully saturated rings. The first kappa shape index (κ1) is 15.3. The second-order valence-electron chi connectivity index (χ2n) is 4.59. The Bertz CT molecular complexity index is 704. The number of carbonyl (C=O) groups excluding carboxylic acids is 1. The zero-order valence-electron chi connectivity index (χ0n) is 11.6. The summed E-state index contributed by atoms with van der Waals surface area (Å²) in [5.74, 6) is -0.583. The zero-order chi connectivity index (χ0) is 15.6. The van der Waals surface area contributed by atoms with Gasteiger partial charge in [0.1, 0.15) is 5.82 Å². The van der Waals surface area contributed by atoms with Gasteiger partial charge in [0, 0.05) is 18.3 Å². The molecule has 0 atom stereocenters. The summed E-state index contributed by atoms with van der Waals surface area (Å²) in [5.41, 5.74) is 8.86. The molecule has 0 saturated carbocycles. The van der Waals surface area contributed by atoms with Crippen molar-refractivity contribution in [3.8, 4) is 0 Å². The van der Waals surface area contributed by atoms with Crippen LogP contribution in [0.5, 0.6) is 0 Å². The summed E-state index contributed by atoms with van der Waals surface area (Å²) in [6.45, 7) is 1.85. The molecule has 1 amide bonds. The van der Waals surface area contributed by atoms with Crippen LogP contribution in [0.1, 0.15) is 15.9 Å². The summed E-state index contributed by atoms with van der Waals surface area (Å²) < 4.78 is 14.0. The molecule has 0 aromatic heterocycles. The normalized spacial score (nSPS) is 10.3. The second-order valence-corrected chi connectivity index (χ2v) is 5.44. The Morgan fingerprint density at radius 3 is 2.62 bits per heavy atom. The van der Waals surface area contributed by atoms with E-state index in [1.807, 2.05) is 6.92 Å². The highest BCUT2D eigenvalue weighted by Crippen LogP contribution is 2.29. The fourth-order valence-electron chi connectivity index (χ4n) is 1.88. The van der Waals surface area contributed by atoms with E-state index in [0.717, 1.165) is 5.56 Å². The SMILES string of the molecule is CNC(=O)c1ccc(N)c(Nc2cc(F)c(Br)cc2C)c1. The first-order chi connectivity index (χ1) is 9.92. The van der Waals surface area contributed by atoms with E-state index in [-0.39, 0.29) is 11.7 Å². The third-order valence-corrected chi connectivity index (χ3v) is 3.69. The van der Waals surface area contributed by atoms with Crippen LogP contribution in [-0.2, 0) is 0 Å². The van der Waals surface area contributed by atoms with E-state index in [9.17, 15) is 9.18 Å². The van der Waals surface area contributed by atoms with Crippen LogP contribution in [0.15, 0.2) is 34.8 Å². The number of nitrogen functional groups attached to an aromatic ring is 1. The number of hydrogen-bond donors (Lipinski definition) is 3. The minimum absolute atomic E-state index is 0.211. The van der Waals surface area contributed by atoms with Crippen LogP contribution >= 0.6 is 15.9 Å². The number of halogens is 2. The van der Waals surface area contributed by atoms with Gasteiger partial charge in [-0.2, -0.15) is 0 Å². The number of aryl methyl sites for hydroxylation is 1. The molecule has 0 aliphatic carbocycles. The molecule has 4 N–H and O–H groups in total. The number of anilines is 3. The van der Waals surface area contributed by atoms with Crippen molar-refractivity contribution in [2.45, 2.75) is 6.92 Å². The van der Waals surface area contributed by atoms with Gasteiger partial charge in [0.15, 0.2) is 0 Å². The van der Waals surface area contributed by atoms with Crippen LogP contribution in [0.2, 0.25) is 0 Å². The predicted molar refractivity (Wildman–Crippen MR) is 86.4 cm³/mol. The maximum atomic E-state index is 13.6. The van der Waals surface area contributed by atoms with Crippen LogP contribution in [0.4, 0.5) is 21.5 Å². The van der Waals surface area contributed by atoms with Crippen LogP contribution < -0.4 is 16.4 Å². The standard InChI is InChI=1S/C15H15BrFN3O/c1-8-5-10(16)11(17)7-13(8)20-14-6-9(15(21)19-2)3-4-12(14)18/h3-7,20H,18H2,1-2H3,(H,19,21). The monoisotopic (exact) mass is 351 g/mol. The van der Waals surface area contributed by atoms with Gasteiger partial charge in [-0.15, -0.1) is 0 Å². The van der Waals surface area contributed by atoms with E-state index in [1.165, 1.54) is 6.07 Å². The lowest BCUT2D eigenvalue weighted by Crippen LogP contribution is -2.18. The first-order valence-corrected chi connectivity index (χ1v) is 7.06. The van der Waals surface area contributed by atoms with Gasteiger partial charge in [-0.25, -0.2) is 4.39 Å². The fraction of sp³-hybridized carbons (Fsp3) is 0.133. The van der Waals surface area contributed by atoms with Gasteiger partial charge in [-0.05, 0) is 58.7 Å². The number of hydrogen-bond acceptors (Lipinski definition) is 3. The zero-order valence-corrected chi connectivity index (χ0v) is 13.2. The highest BCUT2D eigenvalue weighted by Gasteiger charge is 2.10. The van der Waals surface area contributed by atoms with Gasteiger partial charge in [0.05, 0.1) is 15.8 Å². The lowest BCUT2D eigenvalue weighted by Gasteiger charge is -2.13. The van der Waals surface area contributed by atoms with Crippen molar-refractivity contribution in [2.24, 2.45) is 0 Å². The van der Waals surface area contributed by atoms with E-state index >= 15 is 0 Å². The number of carbonyl (C=O) groups is 1. The third-order valence-electron chi connectivity index (χ3n) is 3.08. The quantitative estimate of drug-likeness (QED) is 0.740. The smallest absolute Gasteiger partial charge is 0.251 e. The highest BCUT2D eigenvalue weighted by atomic mass is 79.9. The molecule has 6 heteroatoms. The van der Waals surface area contributed by atoms with Crippen molar-refractivity contribution in [1.29, 1.82) is 0 Å². The average Bonchev–Trinajstić information content (AvgIpc) is 2.46. The van der Waals surface area contributed by atoms with Crippen molar-refractivity contribution in [3.63, 3.8) is 0 Å². The Hall–Kier alpha value is -2.08. The van der Waals surface area contributed by atoms with Crippen LogP contribution in [0.25, 0.3) is 0 Å². The molecule has 0 saturated heterocycles. The van der Waals surface area contributed by atoms with E-state index < -0.39 is 0 Å². The summed E-state index contributed by atoms with van der Waals surface area (Å²) >= 11 is 3.14. The Kier molecular flexibility index (Phi) is 4.47. The van der Waals surface area contributed by atoms with Gasteiger partial charge in [0.2, 0.25) is 0 Å². The minimum atomic E-state index is -0.371. The molecule has 0 heterocycles. The van der Waals surface area contributed by atoms with Crippen molar-refractivity contribution in [3.05, 3.63) is 51.7 Å². The molecule has 0 unspecified atom stereocenters. The molecule has 0 spiro atoms.